The van der Waals surface area contributed by atoms with E-state index in [0.29, 0.717) is 19.5 Å². The Balaban J connectivity index is 2.52. The molecule has 1 atom stereocenters. The summed E-state index contributed by atoms with van der Waals surface area (Å²) < 4.78 is 0. The van der Waals surface area contributed by atoms with Crippen LogP contribution in [0.5, 0.6) is 0 Å². The van der Waals surface area contributed by atoms with Gasteiger partial charge >= 0.3 is 0 Å². The zero-order chi connectivity index (χ0) is 9.14. The highest BCUT2D eigenvalue weighted by Crippen LogP contribution is 2.17. The zero-order valence-corrected chi connectivity index (χ0v) is 7.46. The minimum Gasteiger partial charge on any atom is -0.318 e. The standard InChI is InChI=1S/C8H14N2O2/c1-6-5-7(11)10(8(6)12)4-3-9-2/h6,9H,3-5H2,1-2H3. The topological polar surface area (TPSA) is 49.4 Å². The molecule has 1 aliphatic heterocycles. The molecule has 0 aromatic carbocycles. The van der Waals surface area contributed by atoms with Gasteiger partial charge in [0.25, 0.3) is 0 Å². The molecule has 1 fully saturated rings. The Morgan fingerprint density at radius 2 is 2.25 bits per heavy atom. The van der Waals surface area contributed by atoms with Crippen molar-refractivity contribution in [3.8, 4) is 0 Å². The second-order valence-corrected chi connectivity index (χ2v) is 3.09. The number of hydrogen-bond acceptors (Lipinski definition) is 3. The van der Waals surface area contributed by atoms with E-state index in [-0.39, 0.29) is 17.7 Å². The minimum absolute atomic E-state index is 0.0322. The van der Waals surface area contributed by atoms with Gasteiger partial charge in [0, 0.05) is 25.4 Å². The maximum atomic E-state index is 11.3. The molecule has 4 nitrogen and oxygen atoms in total. The molecule has 1 aliphatic rings. The molecule has 0 spiro atoms. The summed E-state index contributed by atoms with van der Waals surface area (Å²) in [5.41, 5.74) is 0. The van der Waals surface area contributed by atoms with Crippen LogP contribution in [0, 0.1) is 5.92 Å². The molecule has 68 valence electrons. The number of hydrogen-bond donors (Lipinski definition) is 1. The van der Waals surface area contributed by atoms with Gasteiger partial charge in [-0.3, -0.25) is 14.5 Å². The van der Waals surface area contributed by atoms with Crippen molar-refractivity contribution in [2.45, 2.75) is 13.3 Å². The number of carbonyl (C=O) groups is 2. The minimum atomic E-state index is -0.116. The first kappa shape index (κ1) is 9.19. The van der Waals surface area contributed by atoms with Crippen LogP contribution in [-0.2, 0) is 9.59 Å². The fraction of sp³-hybridized carbons (Fsp3) is 0.750. The molecule has 0 saturated carbocycles. The van der Waals surface area contributed by atoms with E-state index in [2.05, 4.69) is 5.32 Å². The molecule has 12 heavy (non-hydrogen) atoms. The fourth-order valence-corrected chi connectivity index (χ4v) is 1.31. The van der Waals surface area contributed by atoms with Gasteiger partial charge in [0.2, 0.25) is 11.8 Å². The van der Waals surface area contributed by atoms with Crippen molar-refractivity contribution < 1.29 is 9.59 Å². The van der Waals surface area contributed by atoms with Crippen molar-refractivity contribution >= 4 is 11.8 Å². The lowest BCUT2D eigenvalue weighted by atomic mass is 10.1. The van der Waals surface area contributed by atoms with Crippen LogP contribution in [0.25, 0.3) is 0 Å². The maximum Gasteiger partial charge on any atom is 0.232 e. The predicted molar refractivity (Wildman–Crippen MR) is 44.4 cm³/mol. The molecule has 1 heterocycles. The third-order valence-electron chi connectivity index (χ3n) is 2.05. The lowest BCUT2D eigenvalue weighted by molar-refractivity contribution is -0.139. The van der Waals surface area contributed by atoms with E-state index in [1.54, 1.807) is 14.0 Å². The average molecular weight is 170 g/mol. The molecule has 2 amide bonds. The molecular formula is C8H14N2O2. The molecule has 0 aromatic heterocycles. The van der Waals surface area contributed by atoms with Crippen molar-refractivity contribution in [2.75, 3.05) is 20.1 Å². The summed E-state index contributed by atoms with van der Waals surface area (Å²) in [4.78, 5) is 23.8. The first-order chi connectivity index (χ1) is 5.66. The lowest BCUT2D eigenvalue weighted by Gasteiger charge is -2.13. The Morgan fingerprint density at radius 1 is 1.58 bits per heavy atom. The monoisotopic (exact) mass is 170 g/mol. The van der Waals surface area contributed by atoms with Gasteiger partial charge in [-0.1, -0.05) is 6.92 Å². The van der Waals surface area contributed by atoms with Crippen LogP contribution in [0.3, 0.4) is 0 Å². The number of imide groups is 1. The lowest BCUT2D eigenvalue weighted by Crippen LogP contribution is -2.35. The summed E-state index contributed by atoms with van der Waals surface area (Å²) in [6.07, 6.45) is 0.378. The van der Waals surface area contributed by atoms with Gasteiger partial charge in [0.15, 0.2) is 0 Å². The van der Waals surface area contributed by atoms with Crippen molar-refractivity contribution in [1.29, 1.82) is 0 Å². The summed E-state index contributed by atoms with van der Waals surface area (Å²) in [5.74, 6) is -0.188. The zero-order valence-electron chi connectivity index (χ0n) is 7.46. The van der Waals surface area contributed by atoms with Gasteiger partial charge in [-0.15, -0.1) is 0 Å². The van der Waals surface area contributed by atoms with Crippen molar-refractivity contribution in [1.82, 2.24) is 10.2 Å². The van der Waals surface area contributed by atoms with E-state index in [1.165, 1.54) is 4.90 Å². The quantitative estimate of drug-likeness (QED) is 0.586. The summed E-state index contributed by atoms with van der Waals surface area (Å²) in [6.45, 7) is 2.96. The highest BCUT2D eigenvalue weighted by atomic mass is 16.2. The molecule has 1 rings (SSSR count). The molecular weight excluding hydrogens is 156 g/mol. The number of amides is 2. The summed E-state index contributed by atoms with van der Waals surface area (Å²) in [6, 6.07) is 0. The first-order valence-corrected chi connectivity index (χ1v) is 4.15. The molecule has 1 N–H and O–H groups in total. The Kier molecular flexibility index (Phi) is 2.81. The number of rotatable bonds is 3. The highest BCUT2D eigenvalue weighted by molar-refractivity contribution is 6.03. The predicted octanol–water partition coefficient (Wildman–Crippen LogP) is -0.399. The second-order valence-electron chi connectivity index (χ2n) is 3.09. The van der Waals surface area contributed by atoms with Crippen molar-refractivity contribution in [3.63, 3.8) is 0 Å². The molecule has 0 aliphatic carbocycles. The number of carbonyl (C=O) groups excluding carboxylic acids is 2. The summed E-state index contributed by atoms with van der Waals surface area (Å²) in [7, 11) is 1.80. The van der Waals surface area contributed by atoms with E-state index in [4.69, 9.17) is 0 Å². The third kappa shape index (κ3) is 1.64. The molecule has 4 heteroatoms. The average Bonchev–Trinajstić information content (AvgIpc) is 2.25. The van der Waals surface area contributed by atoms with Crippen LogP contribution in [-0.4, -0.2) is 36.9 Å². The van der Waals surface area contributed by atoms with Gasteiger partial charge in [-0.25, -0.2) is 0 Å². The number of likely N-dealkylation sites (tertiary alicyclic amines) is 1. The van der Waals surface area contributed by atoms with Gasteiger partial charge in [-0.05, 0) is 7.05 Å². The Morgan fingerprint density at radius 3 is 2.67 bits per heavy atom. The number of likely N-dealkylation sites (N-methyl/N-ethyl adjacent to an activating group) is 1. The van der Waals surface area contributed by atoms with Gasteiger partial charge in [0.1, 0.15) is 0 Å². The Bertz CT molecular complexity index is 203. The van der Waals surface area contributed by atoms with Crippen molar-refractivity contribution in [3.05, 3.63) is 0 Å². The van der Waals surface area contributed by atoms with E-state index in [9.17, 15) is 9.59 Å². The second kappa shape index (κ2) is 3.67. The fourth-order valence-electron chi connectivity index (χ4n) is 1.31. The SMILES string of the molecule is CNCCN1C(=O)CC(C)C1=O. The van der Waals surface area contributed by atoms with Crippen LogP contribution < -0.4 is 5.32 Å². The van der Waals surface area contributed by atoms with E-state index in [1.807, 2.05) is 0 Å². The Hall–Kier alpha value is -0.900. The third-order valence-corrected chi connectivity index (χ3v) is 2.05. The van der Waals surface area contributed by atoms with Crippen LogP contribution in [0.4, 0.5) is 0 Å². The summed E-state index contributed by atoms with van der Waals surface area (Å²) >= 11 is 0. The van der Waals surface area contributed by atoms with Crippen LogP contribution in [0.1, 0.15) is 13.3 Å². The molecule has 0 aromatic rings. The van der Waals surface area contributed by atoms with E-state index < -0.39 is 0 Å². The molecule has 0 bridgehead atoms. The van der Waals surface area contributed by atoms with Gasteiger partial charge in [-0.2, -0.15) is 0 Å². The normalized spacial score (nSPS) is 23.8. The van der Waals surface area contributed by atoms with E-state index >= 15 is 0 Å². The molecule has 1 unspecified atom stereocenters. The van der Waals surface area contributed by atoms with E-state index in [0.717, 1.165) is 0 Å². The van der Waals surface area contributed by atoms with Crippen LogP contribution in [0.15, 0.2) is 0 Å². The largest absolute Gasteiger partial charge is 0.318 e. The smallest absolute Gasteiger partial charge is 0.232 e. The van der Waals surface area contributed by atoms with Crippen LogP contribution in [0.2, 0.25) is 0 Å². The van der Waals surface area contributed by atoms with Crippen LogP contribution >= 0.6 is 0 Å². The summed E-state index contributed by atoms with van der Waals surface area (Å²) in [5, 5.41) is 2.90. The highest BCUT2D eigenvalue weighted by Gasteiger charge is 2.34. The molecule has 1 saturated heterocycles. The Labute approximate surface area is 71.9 Å². The van der Waals surface area contributed by atoms with Gasteiger partial charge in [0.05, 0.1) is 0 Å². The first-order valence-electron chi connectivity index (χ1n) is 4.15. The maximum absolute atomic E-state index is 11.3. The van der Waals surface area contributed by atoms with Crippen molar-refractivity contribution in [2.24, 2.45) is 5.92 Å². The number of nitrogens with zero attached hydrogens (tertiary/aromatic N) is 1. The van der Waals surface area contributed by atoms with Gasteiger partial charge < -0.3 is 5.32 Å². The number of nitrogens with one attached hydrogen (secondary N) is 1. The molecule has 0 radical (unpaired) electrons.